The van der Waals surface area contributed by atoms with E-state index in [1.54, 1.807) is 6.20 Å². The lowest BCUT2D eigenvalue weighted by Gasteiger charge is -2.25. The number of fused-ring (bicyclic) bond motifs is 1. The Labute approximate surface area is 223 Å². The first-order valence-corrected chi connectivity index (χ1v) is 12.2. The predicted molar refractivity (Wildman–Crippen MR) is 140 cm³/mol. The Morgan fingerprint density at radius 1 is 0.949 bits per heavy atom. The van der Waals surface area contributed by atoms with Crippen molar-refractivity contribution in [3.05, 3.63) is 54.2 Å². The fourth-order valence-corrected chi connectivity index (χ4v) is 3.95. The van der Waals surface area contributed by atoms with E-state index in [4.69, 9.17) is 11.5 Å². The maximum Gasteiger partial charge on any atom is 0.326 e. The number of imidazole rings is 1. The van der Waals surface area contributed by atoms with E-state index in [-0.39, 0.29) is 25.7 Å². The summed E-state index contributed by atoms with van der Waals surface area (Å²) in [6, 6.07) is 2.71. The lowest BCUT2D eigenvalue weighted by Crippen LogP contribution is -2.57. The molecule has 4 unspecified atom stereocenters. The van der Waals surface area contributed by atoms with Crippen LogP contribution in [-0.2, 0) is 36.8 Å². The number of carboxylic acids is 1. The Morgan fingerprint density at radius 2 is 1.62 bits per heavy atom. The minimum Gasteiger partial charge on any atom is -0.480 e. The van der Waals surface area contributed by atoms with Crippen LogP contribution in [0.2, 0.25) is 0 Å². The highest BCUT2D eigenvalue weighted by atomic mass is 16.4. The van der Waals surface area contributed by atoms with Crippen molar-refractivity contribution in [1.29, 1.82) is 0 Å². The molecule has 1 aromatic carbocycles. The van der Waals surface area contributed by atoms with Gasteiger partial charge in [0.1, 0.15) is 18.1 Å². The highest BCUT2D eigenvalue weighted by Gasteiger charge is 2.31. The molecule has 0 spiro atoms. The quantitative estimate of drug-likeness (QED) is 0.124. The van der Waals surface area contributed by atoms with E-state index in [2.05, 4.69) is 30.9 Å². The molecule has 10 N–H and O–H groups in total. The number of nitrogens with one attached hydrogen (secondary N) is 5. The van der Waals surface area contributed by atoms with E-state index >= 15 is 0 Å². The van der Waals surface area contributed by atoms with Crippen molar-refractivity contribution in [3.8, 4) is 0 Å². The molecule has 39 heavy (non-hydrogen) atoms. The zero-order chi connectivity index (χ0) is 28.5. The number of primary amides is 1. The molecule has 2 aromatic heterocycles. The summed E-state index contributed by atoms with van der Waals surface area (Å²) in [6.45, 7) is 1.46. The summed E-state index contributed by atoms with van der Waals surface area (Å²) in [5.41, 5.74) is 13.0. The number of benzene rings is 1. The second-order valence-corrected chi connectivity index (χ2v) is 9.16. The summed E-state index contributed by atoms with van der Waals surface area (Å²) in [5.74, 6) is -4.16. The van der Waals surface area contributed by atoms with Gasteiger partial charge in [0.15, 0.2) is 0 Å². The van der Waals surface area contributed by atoms with Crippen LogP contribution >= 0.6 is 0 Å². The molecule has 4 atom stereocenters. The number of rotatable bonds is 14. The first-order chi connectivity index (χ1) is 18.5. The van der Waals surface area contributed by atoms with Gasteiger partial charge in [0.25, 0.3) is 0 Å². The number of para-hydroxylation sites is 1. The largest absolute Gasteiger partial charge is 0.480 e. The van der Waals surface area contributed by atoms with Crippen molar-refractivity contribution in [2.24, 2.45) is 11.5 Å². The predicted octanol–water partition coefficient (Wildman–Crippen LogP) is -1.17. The molecule has 0 aliphatic rings. The van der Waals surface area contributed by atoms with Crippen LogP contribution in [-0.4, -0.2) is 73.8 Å². The number of aliphatic carboxylic acids is 1. The van der Waals surface area contributed by atoms with Crippen LogP contribution in [0.15, 0.2) is 43.0 Å². The Bertz CT molecular complexity index is 1320. The fraction of sp³-hybridized carbons (Fsp3) is 0.360. The van der Waals surface area contributed by atoms with Crippen LogP contribution in [0.5, 0.6) is 0 Å². The maximum atomic E-state index is 13.4. The molecule has 14 nitrogen and oxygen atoms in total. The fourth-order valence-electron chi connectivity index (χ4n) is 3.95. The number of aromatic amines is 2. The first-order valence-electron chi connectivity index (χ1n) is 12.2. The number of aromatic nitrogens is 3. The van der Waals surface area contributed by atoms with Crippen LogP contribution in [0.3, 0.4) is 0 Å². The monoisotopic (exact) mass is 540 g/mol. The van der Waals surface area contributed by atoms with Gasteiger partial charge in [-0.15, -0.1) is 0 Å². The van der Waals surface area contributed by atoms with Crippen molar-refractivity contribution in [2.75, 3.05) is 0 Å². The smallest absolute Gasteiger partial charge is 0.326 e. The lowest BCUT2D eigenvalue weighted by molar-refractivity contribution is -0.142. The molecule has 0 saturated carbocycles. The molecular weight excluding hydrogens is 508 g/mol. The number of hydrogen-bond donors (Lipinski definition) is 8. The third kappa shape index (κ3) is 8.13. The van der Waals surface area contributed by atoms with Crippen molar-refractivity contribution in [2.45, 2.75) is 56.8 Å². The topological polar surface area (TPSA) is 238 Å². The Hall–Kier alpha value is -4.72. The molecule has 208 valence electrons. The normalized spacial score (nSPS) is 14.1. The molecular formula is C25H32N8O6. The number of amides is 4. The van der Waals surface area contributed by atoms with Crippen LogP contribution < -0.4 is 27.4 Å². The van der Waals surface area contributed by atoms with Crippen LogP contribution in [0, 0.1) is 0 Å². The number of carboxylic acid groups (broad SMARTS) is 1. The number of nitrogens with zero attached hydrogens (tertiary/aromatic N) is 1. The molecule has 2 heterocycles. The molecule has 0 aliphatic heterocycles. The molecule has 3 rings (SSSR count). The second-order valence-electron chi connectivity index (χ2n) is 9.16. The molecule has 4 amide bonds. The molecule has 0 aliphatic carbocycles. The summed E-state index contributed by atoms with van der Waals surface area (Å²) in [7, 11) is 0. The molecule has 0 fully saturated rings. The minimum absolute atomic E-state index is 0.0655. The Morgan fingerprint density at radius 3 is 2.26 bits per heavy atom. The van der Waals surface area contributed by atoms with E-state index in [9.17, 15) is 29.1 Å². The number of carbonyl (C=O) groups is 5. The number of hydrogen-bond acceptors (Lipinski definition) is 7. The molecule has 0 radical (unpaired) electrons. The zero-order valence-electron chi connectivity index (χ0n) is 21.3. The number of nitrogens with two attached hydrogens (primary N) is 2. The van der Waals surface area contributed by atoms with Crippen LogP contribution in [0.1, 0.15) is 31.0 Å². The maximum absolute atomic E-state index is 13.4. The average molecular weight is 541 g/mol. The average Bonchev–Trinajstić information content (AvgIpc) is 3.55. The molecule has 0 bridgehead atoms. The molecule has 14 heteroatoms. The van der Waals surface area contributed by atoms with Gasteiger partial charge < -0.3 is 42.5 Å². The second kappa shape index (κ2) is 13.2. The number of H-pyrrole nitrogens is 2. The van der Waals surface area contributed by atoms with Crippen molar-refractivity contribution in [3.63, 3.8) is 0 Å². The van der Waals surface area contributed by atoms with E-state index < -0.39 is 53.8 Å². The Kier molecular flexibility index (Phi) is 9.75. The Balaban J connectivity index is 1.81. The standard InChI is InChI=1S/C25H32N8O6/c1-13(26)22(35)32-19(8-14-10-29-17-5-3-2-4-16(14)17)24(37)31-18(6-7-21(27)34)23(36)33-20(25(38)39)9-15-11-28-12-30-15/h2-5,10-13,18-20,29H,6-9,26H2,1H3,(H2,27,34)(H,28,30)(H,31,37)(H,32,35)(H,33,36)(H,38,39). The zero-order valence-corrected chi connectivity index (χ0v) is 21.3. The van der Waals surface area contributed by atoms with Crippen LogP contribution in [0.4, 0.5) is 0 Å². The van der Waals surface area contributed by atoms with Gasteiger partial charge in [-0.05, 0) is 25.0 Å². The van der Waals surface area contributed by atoms with Gasteiger partial charge in [0, 0.05) is 48.3 Å². The van der Waals surface area contributed by atoms with Gasteiger partial charge in [0.05, 0.1) is 12.4 Å². The van der Waals surface area contributed by atoms with Gasteiger partial charge in [-0.2, -0.15) is 0 Å². The van der Waals surface area contributed by atoms with Gasteiger partial charge in [-0.25, -0.2) is 9.78 Å². The summed E-state index contributed by atoms with van der Waals surface area (Å²) < 4.78 is 0. The SMILES string of the molecule is CC(N)C(=O)NC(Cc1c[nH]c2ccccc12)C(=O)NC(CCC(N)=O)C(=O)NC(Cc1cnc[nH]1)C(=O)O. The van der Waals surface area contributed by atoms with E-state index in [0.29, 0.717) is 5.69 Å². The van der Waals surface area contributed by atoms with Gasteiger partial charge in [-0.3, -0.25) is 19.2 Å². The summed E-state index contributed by atoms with van der Waals surface area (Å²) >= 11 is 0. The van der Waals surface area contributed by atoms with E-state index in [0.717, 1.165) is 16.5 Å². The van der Waals surface area contributed by atoms with Crippen molar-refractivity contribution < 1.29 is 29.1 Å². The third-order valence-electron chi connectivity index (χ3n) is 6.05. The van der Waals surface area contributed by atoms with Crippen molar-refractivity contribution >= 4 is 40.5 Å². The van der Waals surface area contributed by atoms with E-state index in [1.165, 1.54) is 19.4 Å². The molecule has 0 saturated heterocycles. The van der Waals surface area contributed by atoms with Crippen LogP contribution in [0.25, 0.3) is 10.9 Å². The van der Waals surface area contributed by atoms with Gasteiger partial charge in [-0.1, -0.05) is 18.2 Å². The summed E-state index contributed by atoms with van der Waals surface area (Å²) in [4.78, 5) is 71.8. The minimum atomic E-state index is -1.34. The highest BCUT2D eigenvalue weighted by Crippen LogP contribution is 2.19. The first kappa shape index (κ1) is 28.8. The summed E-state index contributed by atoms with van der Waals surface area (Å²) in [6.07, 6.45) is 4.04. The van der Waals surface area contributed by atoms with Crippen molar-refractivity contribution in [1.82, 2.24) is 30.9 Å². The summed E-state index contributed by atoms with van der Waals surface area (Å²) in [5, 5.41) is 18.0. The van der Waals surface area contributed by atoms with Gasteiger partial charge in [0.2, 0.25) is 23.6 Å². The lowest BCUT2D eigenvalue weighted by atomic mass is 10.0. The highest BCUT2D eigenvalue weighted by molar-refractivity contribution is 5.95. The van der Waals surface area contributed by atoms with E-state index in [1.807, 2.05) is 24.3 Å². The van der Waals surface area contributed by atoms with Gasteiger partial charge >= 0.3 is 5.97 Å². The number of carbonyl (C=O) groups excluding carboxylic acids is 4. The third-order valence-corrected chi connectivity index (χ3v) is 6.05. The molecule has 3 aromatic rings.